The summed E-state index contributed by atoms with van der Waals surface area (Å²) in [6.45, 7) is 2.44. The average Bonchev–Trinajstić information content (AvgIpc) is 2.48. The Morgan fingerprint density at radius 2 is 1.65 bits per heavy atom. The van der Waals surface area contributed by atoms with E-state index in [-0.39, 0.29) is 0 Å². The molecular formula is C12H15N3O11. The van der Waals surface area contributed by atoms with E-state index in [1.807, 2.05) is 0 Å². The van der Waals surface area contributed by atoms with E-state index in [0.29, 0.717) is 6.08 Å². The molecule has 1 aliphatic rings. The molecule has 1 aliphatic carbocycles. The van der Waals surface area contributed by atoms with Gasteiger partial charge in [0, 0.05) is 37.7 Å². The van der Waals surface area contributed by atoms with Crippen LogP contribution in [0.5, 0.6) is 0 Å². The Morgan fingerprint density at radius 3 is 1.96 bits per heavy atom. The van der Waals surface area contributed by atoms with Gasteiger partial charge in [0.15, 0.2) is 0 Å². The molecule has 0 aromatic rings. The molecule has 0 aromatic carbocycles. The van der Waals surface area contributed by atoms with E-state index in [2.05, 4.69) is 0 Å². The first-order chi connectivity index (χ1) is 11.8. The molecule has 4 atom stereocenters. The number of carbonyl (C=O) groups excluding carboxylic acids is 2. The maximum atomic E-state index is 11.7. The Labute approximate surface area is 145 Å². The van der Waals surface area contributed by atoms with Crippen molar-refractivity contribution in [3.63, 3.8) is 0 Å². The van der Waals surface area contributed by atoms with Gasteiger partial charge in [0.2, 0.25) is 6.10 Å². The number of hydrogen-bond acceptors (Lipinski definition) is 11. The summed E-state index contributed by atoms with van der Waals surface area (Å²) in [4.78, 5) is 53.9. The summed E-state index contributed by atoms with van der Waals surface area (Å²) in [6.07, 6.45) is -1.76. The minimum atomic E-state index is -2.95. The van der Waals surface area contributed by atoms with Crippen molar-refractivity contribution in [2.75, 3.05) is 7.11 Å². The fourth-order valence-corrected chi connectivity index (χ4v) is 2.67. The standard InChI is InChI=1S/C12H15N3O11/c1-6(16)25-10-9(14(20)21)12(24-4,26-7(2)17)8(13(18)19)5-11(10,3)15(22)23/h5,9-10H,1-4H3/t9-,10-,11-,12-/m0/s1. The normalized spacial score (nSPS) is 30.7. The lowest BCUT2D eigenvalue weighted by Gasteiger charge is -2.39. The van der Waals surface area contributed by atoms with Crippen molar-refractivity contribution < 1.29 is 38.6 Å². The van der Waals surface area contributed by atoms with E-state index in [1.54, 1.807) is 0 Å². The number of nitrogens with zero attached hydrogens (tertiary/aromatic N) is 3. The van der Waals surface area contributed by atoms with Gasteiger partial charge < -0.3 is 14.2 Å². The van der Waals surface area contributed by atoms with Crippen LogP contribution in [-0.4, -0.2) is 57.3 Å². The second-order valence-corrected chi connectivity index (χ2v) is 5.50. The largest absolute Gasteiger partial charge is 0.447 e. The highest BCUT2D eigenvalue weighted by atomic mass is 16.7. The van der Waals surface area contributed by atoms with E-state index in [9.17, 15) is 39.9 Å². The number of rotatable bonds is 6. The van der Waals surface area contributed by atoms with Gasteiger partial charge in [-0.2, -0.15) is 0 Å². The van der Waals surface area contributed by atoms with Crippen LogP contribution < -0.4 is 0 Å². The molecule has 0 bridgehead atoms. The van der Waals surface area contributed by atoms with Crippen molar-refractivity contribution in [2.24, 2.45) is 0 Å². The zero-order valence-electron chi connectivity index (χ0n) is 14.1. The summed E-state index contributed by atoms with van der Waals surface area (Å²) in [5.74, 6) is -5.27. The average molecular weight is 377 g/mol. The van der Waals surface area contributed by atoms with E-state index in [0.717, 1.165) is 27.9 Å². The smallest absolute Gasteiger partial charge is 0.378 e. The van der Waals surface area contributed by atoms with Gasteiger partial charge in [-0.25, -0.2) is 0 Å². The van der Waals surface area contributed by atoms with Gasteiger partial charge in [-0.3, -0.25) is 39.9 Å². The minimum Gasteiger partial charge on any atom is -0.447 e. The molecular weight excluding hydrogens is 362 g/mol. The first-order valence-electron chi connectivity index (χ1n) is 6.91. The molecule has 0 aromatic heterocycles. The lowest BCUT2D eigenvalue weighted by Crippen LogP contribution is -2.69. The molecule has 0 N–H and O–H groups in total. The van der Waals surface area contributed by atoms with Crippen LogP contribution in [0.25, 0.3) is 0 Å². The second-order valence-electron chi connectivity index (χ2n) is 5.50. The molecule has 0 saturated carbocycles. The third-order valence-electron chi connectivity index (χ3n) is 3.75. The molecule has 0 amide bonds. The number of esters is 2. The fraction of sp³-hybridized carbons (Fsp3) is 0.667. The van der Waals surface area contributed by atoms with Crippen LogP contribution >= 0.6 is 0 Å². The van der Waals surface area contributed by atoms with E-state index >= 15 is 0 Å². The van der Waals surface area contributed by atoms with Crippen LogP contribution in [0.2, 0.25) is 0 Å². The summed E-state index contributed by atoms with van der Waals surface area (Å²) in [7, 11) is 0.774. The Morgan fingerprint density at radius 1 is 1.12 bits per heavy atom. The number of hydrogen-bond donors (Lipinski definition) is 0. The molecule has 14 heteroatoms. The highest BCUT2D eigenvalue weighted by Gasteiger charge is 2.75. The number of nitro groups is 3. The van der Waals surface area contributed by atoms with Crippen molar-refractivity contribution in [3.05, 3.63) is 42.1 Å². The molecule has 0 spiro atoms. The van der Waals surface area contributed by atoms with Crippen LogP contribution in [0.1, 0.15) is 20.8 Å². The molecule has 0 unspecified atom stereocenters. The summed E-state index contributed by atoms with van der Waals surface area (Å²) < 4.78 is 14.3. The number of carbonyl (C=O) groups is 2. The van der Waals surface area contributed by atoms with Crippen LogP contribution in [0.15, 0.2) is 11.8 Å². The van der Waals surface area contributed by atoms with E-state index in [1.165, 1.54) is 0 Å². The van der Waals surface area contributed by atoms with Crippen LogP contribution in [0.3, 0.4) is 0 Å². The van der Waals surface area contributed by atoms with Gasteiger partial charge in [-0.15, -0.1) is 0 Å². The maximum absolute atomic E-state index is 11.7. The summed E-state index contributed by atoms with van der Waals surface area (Å²) >= 11 is 0. The van der Waals surface area contributed by atoms with Crippen LogP contribution in [0.4, 0.5) is 0 Å². The SMILES string of the molecule is CO[C@]1(OC(C)=O)C([N+](=O)[O-])=C[C@](C)([N+](=O)[O-])[C@@H](OC(C)=O)[C@@H]1[N+](=O)[O-]. The van der Waals surface area contributed by atoms with Crippen molar-refractivity contribution in [1.29, 1.82) is 0 Å². The molecule has 14 nitrogen and oxygen atoms in total. The molecule has 0 heterocycles. The third kappa shape index (κ3) is 3.30. The van der Waals surface area contributed by atoms with E-state index < -0.39 is 55.9 Å². The zero-order valence-corrected chi connectivity index (χ0v) is 14.1. The van der Waals surface area contributed by atoms with Gasteiger partial charge in [0.1, 0.15) is 0 Å². The second kappa shape index (κ2) is 6.99. The lowest BCUT2D eigenvalue weighted by molar-refractivity contribution is -0.629. The zero-order chi connectivity index (χ0) is 20.4. The van der Waals surface area contributed by atoms with Gasteiger partial charge >= 0.3 is 29.5 Å². The summed E-state index contributed by atoms with van der Waals surface area (Å²) in [5.41, 5.74) is -3.80. The third-order valence-corrected chi connectivity index (χ3v) is 3.75. The van der Waals surface area contributed by atoms with Gasteiger partial charge in [-0.1, -0.05) is 0 Å². The molecule has 0 fully saturated rings. The van der Waals surface area contributed by atoms with Gasteiger partial charge in [-0.05, 0) is 0 Å². The first-order valence-corrected chi connectivity index (χ1v) is 6.91. The quantitative estimate of drug-likeness (QED) is 0.255. The highest BCUT2D eigenvalue weighted by molar-refractivity contribution is 5.68. The summed E-state index contributed by atoms with van der Waals surface area (Å²) in [5, 5.41) is 34.6. The molecule has 0 saturated heterocycles. The molecule has 144 valence electrons. The van der Waals surface area contributed by atoms with Crippen molar-refractivity contribution in [1.82, 2.24) is 0 Å². The minimum absolute atomic E-state index is 0.410. The summed E-state index contributed by atoms with van der Waals surface area (Å²) in [6, 6.07) is -2.49. The Hall–Kier alpha value is -3.16. The Kier molecular flexibility index (Phi) is 5.61. The van der Waals surface area contributed by atoms with Crippen molar-refractivity contribution in [2.45, 2.75) is 44.2 Å². The fourth-order valence-electron chi connectivity index (χ4n) is 2.67. The van der Waals surface area contributed by atoms with Crippen molar-refractivity contribution >= 4 is 11.9 Å². The predicted molar refractivity (Wildman–Crippen MR) is 78.3 cm³/mol. The van der Waals surface area contributed by atoms with Gasteiger partial charge in [0.05, 0.1) is 11.0 Å². The van der Waals surface area contributed by atoms with Crippen LogP contribution in [-0.2, 0) is 23.8 Å². The Balaban J connectivity index is 3.93. The van der Waals surface area contributed by atoms with Crippen LogP contribution in [0, 0.1) is 30.3 Å². The number of ether oxygens (including phenoxy) is 3. The topological polar surface area (TPSA) is 191 Å². The molecule has 0 radical (unpaired) electrons. The first kappa shape index (κ1) is 20.9. The molecule has 0 aliphatic heterocycles. The molecule has 26 heavy (non-hydrogen) atoms. The lowest BCUT2D eigenvalue weighted by atomic mass is 9.78. The molecule has 1 rings (SSSR count). The predicted octanol–water partition coefficient (Wildman–Crippen LogP) is -0.321. The van der Waals surface area contributed by atoms with E-state index in [4.69, 9.17) is 14.2 Å². The number of methoxy groups -OCH3 is 1. The Bertz CT molecular complexity index is 705. The maximum Gasteiger partial charge on any atom is 0.378 e. The van der Waals surface area contributed by atoms with Crippen molar-refractivity contribution in [3.8, 4) is 0 Å². The highest BCUT2D eigenvalue weighted by Crippen LogP contribution is 2.42. The monoisotopic (exact) mass is 377 g/mol. The van der Waals surface area contributed by atoms with Gasteiger partial charge in [0.25, 0.3) is 5.54 Å².